The van der Waals surface area contributed by atoms with Crippen LogP contribution in [-0.4, -0.2) is 0 Å². The van der Waals surface area contributed by atoms with Crippen LogP contribution in [0.3, 0.4) is 0 Å². The molecule has 0 N–H and O–H groups in total. The van der Waals surface area contributed by atoms with E-state index < -0.39 is 0 Å². The molecule has 0 aromatic carbocycles. The molecule has 0 fully saturated rings. The Morgan fingerprint density at radius 1 is 1.10 bits per heavy atom. The van der Waals surface area contributed by atoms with Gasteiger partial charge >= 0.3 is 0 Å². The molecule has 1 heteroatoms. The van der Waals surface area contributed by atoms with E-state index in [0.717, 1.165) is 5.57 Å². The molecule has 0 amide bonds. The summed E-state index contributed by atoms with van der Waals surface area (Å²) < 4.78 is 13.0. The van der Waals surface area contributed by atoms with Gasteiger partial charge in [0.25, 0.3) is 0 Å². The lowest BCUT2D eigenvalue weighted by molar-refractivity contribution is 0.389. The first kappa shape index (κ1) is 9.67. The average molecular weight is 144 g/mol. The van der Waals surface area contributed by atoms with Crippen LogP contribution in [0.2, 0.25) is 0 Å². The van der Waals surface area contributed by atoms with Crippen LogP contribution in [0.5, 0.6) is 0 Å². The fourth-order valence-corrected chi connectivity index (χ4v) is 0.748. The molecule has 0 bridgehead atoms. The first-order valence-corrected chi connectivity index (χ1v) is 3.79. The molecule has 0 spiro atoms. The van der Waals surface area contributed by atoms with E-state index in [0.29, 0.717) is 5.92 Å². The first-order valence-electron chi connectivity index (χ1n) is 3.79. The third-order valence-electron chi connectivity index (χ3n) is 1.88. The van der Waals surface area contributed by atoms with Crippen molar-refractivity contribution in [1.82, 2.24) is 0 Å². The van der Waals surface area contributed by atoms with E-state index in [2.05, 4.69) is 0 Å². The molecule has 10 heavy (non-hydrogen) atoms. The van der Waals surface area contributed by atoms with Crippen LogP contribution in [0.25, 0.3) is 0 Å². The van der Waals surface area contributed by atoms with E-state index in [4.69, 9.17) is 0 Å². The summed E-state index contributed by atoms with van der Waals surface area (Å²) in [4.78, 5) is 0. The third-order valence-corrected chi connectivity index (χ3v) is 1.88. The van der Waals surface area contributed by atoms with Crippen molar-refractivity contribution in [3.8, 4) is 0 Å². The molecule has 60 valence electrons. The number of hydrogen-bond donors (Lipinski definition) is 0. The van der Waals surface area contributed by atoms with Crippen LogP contribution in [0, 0.1) is 11.8 Å². The zero-order valence-electron chi connectivity index (χ0n) is 7.53. The molecule has 0 heterocycles. The Morgan fingerprint density at radius 2 is 1.50 bits per heavy atom. The first-order chi connectivity index (χ1) is 4.46. The molecule has 0 aromatic rings. The Hall–Kier alpha value is -0.330. The molecule has 0 nitrogen and oxygen atoms in total. The third kappa shape index (κ3) is 2.51. The highest BCUT2D eigenvalue weighted by Crippen LogP contribution is 2.23. The lowest BCUT2D eigenvalue weighted by atomic mass is 9.95. The Bertz CT molecular complexity index is 130. The van der Waals surface area contributed by atoms with Crippen molar-refractivity contribution in [2.24, 2.45) is 11.8 Å². The van der Waals surface area contributed by atoms with E-state index in [1.807, 2.05) is 34.6 Å². The Kier molecular flexibility index (Phi) is 3.62. The zero-order chi connectivity index (χ0) is 8.31. The molecular weight excluding hydrogens is 127 g/mol. The second-order valence-electron chi connectivity index (χ2n) is 3.38. The Morgan fingerprint density at radius 3 is 1.60 bits per heavy atom. The van der Waals surface area contributed by atoms with Crippen LogP contribution in [0.4, 0.5) is 4.39 Å². The molecule has 0 radical (unpaired) electrons. The number of allylic oxidation sites excluding steroid dienone is 2. The minimum absolute atomic E-state index is 0.0509. The summed E-state index contributed by atoms with van der Waals surface area (Å²) in [6.45, 7) is 9.62. The van der Waals surface area contributed by atoms with Gasteiger partial charge in [-0.3, -0.25) is 0 Å². The van der Waals surface area contributed by atoms with Crippen LogP contribution in [0.1, 0.15) is 34.6 Å². The van der Waals surface area contributed by atoms with Crippen molar-refractivity contribution in [2.45, 2.75) is 34.6 Å². The van der Waals surface area contributed by atoms with Crippen LogP contribution >= 0.6 is 0 Å². The molecule has 0 aliphatic rings. The summed E-state index contributed by atoms with van der Waals surface area (Å²) in [6, 6.07) is 0. The highest BCUT2D eigenvalue weighted by molar-refractivity contribution is 5.05. The van der Waals surface area contributed by atoms with Crippen molar-refractivity contribution >= 4 is 0 Å². The molecule has 0 aliphatic carbocycles. The summed E-state index contributed by atoms with van der Waals surface area (Å²) >= 11 is 0. The average Bonchev–Trinajstić information content (AvgIpc) is 1.84. The summed E-state index contributed by atoms with van der Waals surface area (Å²) in [6.07, 6.45) is 0. The van der Waals surface area contributed by atoms with Gasteiger partial charge < -0.3 is 0 Å². The summed E-state index contributed by atoms with van der Waals surface area (Å²) in [7, 11) is 0. The molecule has 0 unspecified atom stereocenters. The quantitative estimate of drug-likeness (QED) is 0.556. The fraction of sp³-hybridized carbons (Fsp3) is 0.778. The summed E-state index contributed by atoms with van der Waals surface area (Å²) in [5.41, 5.74) is 0.807. The lowest BCUT2D eigenvalue weighted by Crippen LogP contribution is -2.05. The summed E-state index contributed by atoms with van der Waals surface area (Å²) in [5.74, 6) is 0.523. The van der Waals surface area contributed by atoms with Gasteiger partial charge in [0.15, 0.2) is 0 Å². The molecular formula is C9H17F. The maximum Gasteiger partial charge on any atom is 0.102 e. The van der Waals surface area contributed by atoms with Gasteiger partial charge in [-0.2, -0.15) is 0 Å². The van der Waals surface area contributed by atoms with E-state index in [-0.39, 0.29) is 11.7 Å². The number of halogens is 1. The lowest BCUT2D eigenvalue weighted by Gasteiger charge is -2.13. The molecule has 0 saturated heterocycles. The van der Waals surface area contributed by atoms with Crippen molar-refractivity contribution in [2.75, 3.05) is 0 Å². The van der Waals surface area contributed by atoms with Gasteiger partial charge in [0.2, 0.25) is 0 Å². The van der Waals surface area contributed by atoms with Crippen LogP contribution in [0.15, 0.2) is 11.4 Å². The van der Waals surface area contributed by atoms with Crippen molar-refractivity contribution in [3.05, 3.63) is 11.4 Å². The SMILES string of the molecule is CC(C)=C(F)[C@@H](C)C(C)C. The monoisotopic (exact) mass is 144 g/mol. The van der Waals surface area contributed by atoms with Gasteiger partial charge in [0.1, 0.15) is 5.83 Å². The van der Waals surface area contributed by atoms with Crippen molar-refractivity contribution in [3.63, 3.8) is 0 Å². The predicted octanol–water partition coefficient (Wildman–Crippen LogP) is 3.54. The molecule has 0 aromatic heterocycles. The van der Waals surface area contributed by atoms with E-state index in [1.165, 1.54) is 0 Å². The number of hydrogen-bond acceptors (Lipinski definition) is 0. The Balaban J connectivity index is 4.22. The van der Waals surface area contributed by atoms with Crippen molar-refractivity contribution < 1.29 is 4.39 Å². The second-order valence-corrected chi connectivity index (χ2v) is 3.38. The molecule has 0 aliphatic heterocycles. The van der Waals surface area contributed by atoms with E-state index >= 15 is 0 Å². The van der Waals surface area contributed by atoms with E-state index in [9.17, 15) is 4.39 Å². The van der Waals surface area contributed by atoms with Crippen LogP contribution in [-0.2, 0) is 0 Å². The van der Waals surface area contributed by atoms with Crippen LogP contribution < -0.4 is 0 Å². The van der Waals surface area contributed by atoms with Gasteiger partial charge in [-0.1, -0.05) is 20.8 Å². The fourth-order valence-electron chi connectivity index (χ4n) is 0.748. The highest BCUT2D eigenvalue weighted by atomic mass is 19.1. The predicted molar refractivity (Wildman–Crippen MR) is 43.5 cm³/mol. The minimum Gasteiger partial charge on any atom is -0.212 e. The van der Waals surface area contributed by atoms with E-state index in [1.54, 1.807) is 0 Å². The smallest absolute Gasteiger partial charge is 0.102 e. The van der Waals surface area contributed by atoms with Gasteiger partial charge in [-0.15, -0.1) is 0 Å². The Labute approximate surface area is 63.1 Å². The standard InChI is InChI=1S/C9H17F/c1-6(2)8(5)9(10)7(3)4/h6,8H,1-5H3/t8-/m0/s1. The van der Waals surface area contributed by atoms with Gasteiger partial charge in [-0.25, -0.2) is 4.39 Å². The molecule has 0 rings (SSSR count). The molecule has 1 atom stereocenters. The maximum atomic E-state index is 13.0. The minimum atomic E-state index is 0.0509. The summed E-state index contributed by atoms with van der Waals surface area (Å²) in [5, 5.41) is 0. The van der Waals surface area contributed by atoms with Gasteiger partial charge in [0, 0.05) is 5.92 Å². The normalized spacial score (nSPS) is 13.5. The zero-order valence-corrected chi connectivity index (χ0v) is 7.53. The second kappa shape index (κ2) is 3.75. The number of rotatable bonds is 2. The topological polar surface area (TPSA) is 0 Å². The van der Waals surface area contributed by atoms with Gasteiger partial charge in [0.05, 0.1) is 0 Å². The van der Waals surface area contributed by atoms with Gasteiger partial charge in [-0.05, 0) is 25.3 Å². The largest absolute Gasteiger partial charge is 0.212 e. The maximum absolute atomic E-state index is 13.0. The van der Waals surface area contributed by atoms with Crippen molar-refractivity contribution in [1.29, 1.82) is 0 Å². The molecule has 0 saturated carbocycles. The highest BCUT2D eigenvalue weighted by Gasteiger charge is 2.12.